The average molecular weight is 251 g/mol. The molecule has 1 aromatic rings. The summed E-state index contributed by atoms with van der Waals surface area (Å²) in [6.45, 7) is -1.02. The molecule has 0 amide bonds. The summed E-state index contributed by atoms with van der Waals surface area (Å²) in [4.78, 5) is 13.3. The van der Waals surface area contributed by atoms with Crippen LogP contribution in [0.15, 0.2) is 16.7 Å². The van der Waals surface area contributed by atoms with Gasteiger partial charge in [0.2, 0.25) is 12.7 Å². The molecule has 1 heterocycles. The molecule has 0 radical (unpaired) electrons. The number of pyridine rings is 1. The number of rotatable bonds is 3. The van der Waals surface area contributed by atoms with E-state index in [0.29, 0.717) is 0 Å². The quantitative estimate of drug-likeness (QED) is 0.468. The molecule has 0 aliphatic heterocycles. The second kappa shape index (κ2) is 4.13. The summed E-state index contributed by atoms with van der Waals surface area (Å²) in [5.41, 5.74) is -0.189. The fraction of sp³-hybridized carbons (Fsp3) is 0.167. The van der Waals surface area contributed by atoms with Gasteiger partial charge in [-0.05, 0) is 15.9 Å². The zero-order valence-corrected chi connectivity index (χ0v) is 7.82. The van der Waals surface area contributed by atoms with E-state index in [0.717, 1.165) is 0 Å². The first kappa shape index (κ1) is 9.85. The third-order valence-electron chi connectivity index (χ3n) is 1.20. The molecule has 0 aliphatic carbocycles. The minimum atomic E-state index is -1.02. The molecule has 0 N–H and O–H groups in total. The van der Waals surface area contributed by atoms with E-state index >= 15 is 0 Å². The van der Waals surface area contributed by atoms with Crippen molar-refractivity contribution in [3.8, 4) is 5.88 Å². The van der Waals surface area contributed by atoms with Crippen LogP contribution in [-0.4, -0.2) is 16.8 Å². The molecule has 1 aromatic heterocycles. The molecular weight excluding hydrogens is 247 g/mol. The first-order valence-electron chi connectivity index (χ1n) is 3.15. The van der Waals surface area contributed by atoms with Crippen molar-refractivity contribution in [1.82, 2.24) is 4.98 Å². The lowest BCUT2D eigenvalue weighted by molar-refractivity contribution is -0.386. The van der Waals surface area contributed by atoms with Crippen LogP contribution in [0.1, 0.15) is 0 Å². The van der Waals surface area contributed by atoms with Gasteiger partial charge in [-0.2, -0.15) is 4.98 Å². The van der Waals surface area contributed by atoms with Gasteiger partial charge in [0.05, 0.1) is 4.92 Å². The lowest BCUT2D eigenvalue weighted by atomic mass is 10.4. The summed E-state index contributed by atoms with van der Waals surface area (Å²) in [7, 11) is 0. The number of halogens is 2. The molecular formula is C6H4BrFN2O3. The van der Waals surface area contributed by atoms with Crippen molar-refractivity contribution in [3.63, 3.8) is 0 Å². The van der Waals surface area contributed by atoms with E-state index in [9.17, 15) is 14.5 Å². The third-order valence-corrected chi connectivity index (χ3v) is 1.79. The molecule has 13 heavy (non-hydrogen) atoms. The summed E-state index contributed by atoms with van der Waals surface area (Å²) < 4.78 is 16.1. The normalized spacial score (nSPS) is 9.69. The van der Waals surface area contributed by atoms with Crippen molar-refractivity contribution in [1.29, 1.82) is 0 Å². The number of nitrogens with zero attached hydrogens (tertiary/aromatic N) is 2. The van der Waals surface area contributed by atoms with Crippen LogP contribution < -0.4 is 4.74 Å². The minimum absolute atomic E-state index is 0.0000231. The van der Waals surface area contributed by atoms with Gasteiger partial charge >= 0.3 is 5.69 Å². The maximum absolute atomic E-state index is 11.7. The maximum atomic E-state index is 11.7. The average Bonchev–Trinajstić information content (AvgIpc) is 2.04. The van der Waals surface area contributed by atoms with Crippen LogP contribution in [0.25, 0.3) is 0 Å². The summed E-state index contributed by atoms with van der Waals surface area (Å²) in [5.74, 6) is -0.0000231. The molecule has 0 aliphatic rings. The second-order valence-electron chi connectivity index (χ2n) is 1.97. The number of aromatic nitrogens is 1. The van der Waals surface area contributed by atoms with E-state index < -0.39 is 11.8 Å². The fourth-order valence-corrected chi connectivity index (χ4v) is 1.13. The topological polar surface area (TPSA) is 65.3 Å². The Labute approximate surface area is 80.8 Å². The Hall–Kier alpha value is -1.24. The summed E-state index contributed by atoms with van der Waals surface area (Å²) in [6.07, 6.45) is 0. The lowest BCUT2D eigenvalue weighted by Gasteiger charge is -1.99. The molecule has 70 valence electrons. The Bertz CT molecular complexity index is 334. The Balaban J connectivity index is 2.98. The smallest absolute Gasteiger partial charge is 0.302 e. The fourth-order valence-electron chi connectivity index (χ4n) is 0.683. The molecule has 0 bridgehead atoms. The molecule has 0 atom stereocenters. The molecule has 7 heteroatoms. The van der Waals surface area contributed by atoms with Crippen LogP contribution in [0.3, 0.4) is 0 Å². The Morgan fingerprint density at radius 2 is 2.38 bits per heavy atom. The third kappa shape index (κ3) is 2.35. The second-order valence-corrected chi connectivity index (χ2v) is 2.72. The first-order valence-corrected chi connectivity index (χ1v) is 3.94. The first-order chi connectivity index (χ1) is 6.15. The molecule has 0 saturated carbocycles. The van der Waals surface area contributed by atoms with Gasteiger partial charge in [0.25, 0.3) is 0 Å². The van der Waals surface area contributed by atoms with Crippen molar-refractivity contribution in [2.45, 2.75) is 0 Å². The van der Waals surface area contributed by atoms with Gasteiger partial charge in [0, 0.05) is 12.1 Å². The highest BCUT2D eigenvalue weighted by molar-refractivity contribution is 9.10. The molecule has 0 unspecified atom stereocenters. The van der Waals surface area contributed by atoms with E-state index in [-0.39, 0.29) is 16.2 Å². The Morgan fingerprint density at radius 3 is 2.85 bits per heavy atom. The van der Waals surface area contributed by atoms with E-state index in [1.807, 2.05) is 0 Å². The van der Waals surface area contributed by atoms with Crippen LogP contribution in [-0.2, 0) is 0 Å². The van der Waals surface area contributed by atoms with Crippen LogP contribution in [0, 0.1) is 10.1 Å². The predicted molar refractivity (Wildman–Crippen MR) is 45.2 cm³/mol. The van der Waals surface area contributed by atoms with Gasteiger partial charge in [-0.3, -0.25) is 10.1 Å². The van der Waals surface area contributed by atoms with Crippen molar-refractivity contribution < 1.29 is 14.1 Å². The molecule has 0 aromatic carbocycles. The van der Waals surface area contributed by atoms with Crippen LogP contribution in [0.5, 0.6) is 5.88 Å². The van der Waals surface area contributed by atoms with Crippen LogP contribution in [0.2, 0.25) is 0 Å². The summed E-state index contributed by atoms with van der Waals surface area (Å²) in [6, 6.07) is 2.41. The molecule has 0 saturated heterocycles. The molecule has 0 spiro atoms. The Kier molecular flexibility index (Phi) is 3.13. The molecule has 5 nitrogen and oxygen atoms in total. The number of alkyl halides is 1. The number of ether oxygens (including phenoxy) is 1. The summed E-state index contributed by atoms with van der Waals surface area (Å²) in [5, 5.41) is 10.3. The maximum Gasteiger partial charge on any atom is 0.302 e. The highest BCUT2D eigenvalue weighted by atomic mass is 79.9. The van der Waals surface area contributed by atoms with Gasteiger partial charge in [0.1, 0.15) is 0 Å². The van der Waals surface area contributed by atoms with Crippen LogP contribution in [0.4, 0.5) is 10.1 Å². The SMILES string of the molecule is O=[N+]([O-])c1ccc(OCF)nc1Br. The van der Waals surface area contributed by atoms with Gasteiger partial charge in [-0.25, -0.2) is 4.39 Å². The van der Waals surface area contributed by atoms with Gasteiger partial charge < -0.3 is 4.74 Å². The van der Waals surface area contributed by atoms with Crippen molar-refractivity contribution >= 4 is 21.6 Å². The van der Waals surface area contributed by atoms with Crippen molar-refractivity contribution in [3.05, 3.63) is 26.9 Å². The van der Waals surface area contributed by atoms with Crippen molar-refractivity contribution in [2.24, 2.45) is 0 Å². The van der Waals surface area contributed by atoms with Crippen molar-refractivity contribution in [2.75, 3.05) is 6.86 Å². The minimum Gasteiger partial charge on any atom is -0.446 e. The monoisotopic (exact) mass is 250 g/mol. The lowest BCUT2D eigenvalue weighted by Crippen LogP contribution is -1.96. The van der Waals surface area contributed by atoms with Gasteiger partial charge in [-0.15, -0.1) is 0 Å². The van der Waals surface area contributed by atoms with E-state index in [2.05, 4.69) is 25.7 Å². The zero-order valence-electron chi connectivity index (χ0n) is 6.24. The van der Waals surface area contributed by atoms with Gasteiger partial charge in [0.15, 0.2) is 4.60 Å². The molecule has 0 fully saturated rings. The van der Waals surface area contributed by atoms with E-state index in [1.165, 1.54) is 12.1 Å². The number of nitro groups is 1. The predicted octanol–water partition coefficient (Wildman–Crippen LogP) is 2.06. The van der Waals surface area contributed by atoms with E-state index in [4.69, 9.17) is 0 Å². The molecule has 1 rings (SSSR count). The van der Waals surface area contributed by atoms with Gasteiger partial charge in [-0.1, -0.05) is 0 Å². The van der Waals surface area contributed by atoms with E-state index in [1.54, 1.807) is 0 Å². The summed E-state index contributed by atoms with van der Waals surface area (Å²) >= 11 is 2.86. The standard InChI is InChI=1S/C6H4BrFN2O3/c7-6-4(10(11)12)1-2-5(9-6)13-3-8/h1-2H,3H2. The largest absolute Gasteiger partial charge is 0.446 e. The number of hydrogen-bond acceptors (Lipinski definition) is 4. The zero-order chi connectivity index (χ0) is 9.84. The Morgan fingerprint density at radius 1 is 1.69 bits per heavy atom. The number of hydrogen-bond donors (Lipinski definition) is 0. The van der Waals surface area contributed by atoms with Crippen LogP contribution >= 0.6 is 15.9 Å². The highest BCUT2D eigenvalue weighted by Crippen LogP contribution is 2.24. The highest BCUT2D eigenvalue weighted by Gasteiger charge is 2.13.